The lowest BCUT2D eigenvalue weighted by atomic mass is 10.2. The van der Waals surface area contributed by atoms with Crippen LogP contribution >= 0.6 is 0 Å². The van der Waals surface area contributed by atoms with Gasteiger partial charge in [-0.25, -0.2) is 14.6 Å². The number of carbonyl (C=O) groups is 2. The zero-order chi connectivity index (χ0) is 21.9. The molecule has 156 valence electrons. The number of hydrogen-bond donors (Lipinski definition) is 1. The number of ether oxygens (including phenoxy) is 2. The third-order valence-electron chi connectivity index (χ3n) is 3.98. The molecule has 1 amide bonds. The van der Waals surface area contributed by atoms with Gasteiger partial charge in [-0.2, -0.15) is 0 Å². The molecule has 8 nitrogen and oxygen atoms in total. The Morgan fingerprint density at radius 3 is 2.47 bits per heavy atom. The van der Waals surface area contributed by atoms with Crippen LogP contribution in [0.3, 0.4) is 0 Å². The Morgan fingerprint density at radius 1 is 1.10 bits per heavy atom. The van der Waals surface area contributed by atoms with E-state index in [0.717, 1.165) is 5.56 Å². The molecule has 2 aromatic heterocycles. The smallest absolute Gasteiger partial charge is 0.412 e. The molecule has 0 atom stereocenters. The van der Waals surface area contributed by atoms with Crippen molar-refractivity contribution in [3.8, 4) is 0 Å². The molecule has 3 aromatic rings. The van der Waals surface area contributed by atoms with Crippen LogP contribution in [0, 0.1) is 6.92 Å². The number of aromatic nitrogens is 2. The summed E-state index contributed by atoms with van der Waals surface area (Å²) in [5, 5.41) is 2.59. The fourth-order valence-corrected chi connectivity index (χ4v) is 2.67. The molecule has 0 fully saturated rings. The summed E-state index contributed by atoms with van der Waals surface area (Å²) < 4.78 is 11.9. The normalized spacial score (nSPS) is 11.2. The van der Waals surface area contributed by atoms with Crippen molar-refractivity contribution in [2.45, 2.75) is 39.9 Å². The topological polar surface area (TPSA) is 99.0 Å². The summed E-state index contributed by atoms with van der Waals surface area (Å²) >= 11 is 0. The fraction of sp³-hybridized carbons (Fsp3) is 0.273. The van der Waals surface area contributed by atoms with E-state index in [4.69, 9.17) is 9.47 Å². The van der Waals surface area contributed by atoms with Crippen molar-refractivity contribution < 1.29 is 19.1 Å². The first-order valence-corrected chi connectivity index (χ1v) is 9.37. The van der Waals surface area contributed by atoms with Crippen molar-refractivity contribution >= 4 is 23.4 Å². The van der Waals surface area contributed by atoms with E-state index in [-0.39, 0.29) is 12.2 Å². The number of nitrogens with zero attached hydrogens (tertiary/aromatic N) is 2. The first kappa shape index (κ1) is 21.0. The van der Waals surface area contributed by atoms with E-state index >= 15 is 0 Å². The molecule has 0 spiro atoms. The number of aryl methyl sites for hydroxylation is 1. The van der Waals surface area contributed by atoms with Gasteiger partial charge in [-0.1, -0.05) is 6.07 Å². The van der Waals surface area contributed by atoms with Crippen LogP contribution in [-0.2, 0) is 16.1 Å². The lowest BCUT2D eigenvalue weighted by Crippen LogP contribution is -2.27. The first-order valence-electron chi connectivity index (χ1n) is 9.37. The van der Waals surface area contributed by atoms with Crippen LogP contribution in [-0.4, -0.2) is 27.0 Å². The van der Waals surface area contributed by atoms with Gasteiger partial charge in [0, 0.05) is 18.0 Å². The van der Waals surface area contributed by atoms with Crippen molar-refractivity contribution in [1.82, 2.24) is 9.38 Å². The molecule has 2 heterocycles. The van der Waals surface area contributed by atoms with E-state index in [1.807, 2.05) is 13.0 Å². The molecule has 1 aromatic carbocycles. The third kappa shape index (κ3) is 5.44. The summed E-state index contributed by atoms with van der Waals surface area (Å²) in [5.41, 5.74) is 1.73. The van der Waals surface area contributed by atoms with Crippen molar-refractivity contribution in [2.24, 2.45) is 0 Å². The summed E-state index contributed by atoms with van der Waals surface area (Å²) in [5.74, 6) is -0.565. The molecule has 0 saturated heterocycles. The van der Waals surface area contributed by atoms with Gasteiger partial charge < -0.3 is 9.47 Å². The number of carbonyl (C=O) groups excluding carboxylic acids is 2. The van der Waals surface area contributed by atoms with E-state index in [1.54, 1.807) is 45.2 Å². The van der Waals surface area contributed by atoms with E-state index in [9.17, 15) is 14.4 Å². The maximum atomic E-state index is 12.3. The molecular formula is C22H23N3O5. The van der Waals surface area contributed by atoms with E-state index in [2.05, 4.69) is 10.3 Å². The minimum atomic E-state index is -0.605. The average molecular weight is 409 g/mol. The van der Waals surface area contributed by atoms with Gasteiger partial charge in [0.25, 0.3) is 5.56 Å². The molecule has 0 bridgehead atoms. The Labute approximate surface area is 173 Å². The Kier molecular flexibility index (Phi) is 5.86. The predicted octanol–water partition coefficient (Wildman–Crippen LogP) is 3.71. The second kappa shape index (κ2) is 8.36. The Morgan fingerprint density at radius 2 is 1.80 bits per heavy atom. The van der Waals surface area contributed by atoms with E-state index in [0.29, 0.717) is 22.6 Å². The molecule has 0 unspecified atom stereocenters. The molecule has 0 saturated carbocycles. The predicted molar refractivity (Wildman–Crippen MR) is 112 cm³/mol. The second-order valence-corrected chi connectivity index (χ2v) is 7.80. The van der Waals surface area contributed by atoms with Gasteiger partial charge in [0.1, 0.15) is 17.9 Å². The highest BCUT2D eigenvalue weighted by atomic mass is 16.6. The standard InChI is InChI=1S/C22H23N3O5/c1-14-5-10-18-23-17(11-19(26)25(18)12-14)13-29-20(27)15-6-8-16(9-7-15)24-21(28)30-22(2,3)4/h5-12H,13H2,1-4H3,(H,24,28). The average Bonchev–Trinajstić information content (AvgIpc) is 2.66. The quantitative estimate of drug-likeness (QED) is 0.660. The molecule has 0 radical (unpaired) electrons. The molecular weight excluding hydrogens is 386 g/mol. The molecule has 0 aliphatic rings. The highest BCUT2D eigenvalue weighted by Gasteiger charge is 2.16. The number of rotatable bonds is 4. The first-order chi connectivity index (χ1) is 14.1. The van der Waals surface area contributed by atoms with Gasteiger partial charge in [-0.15, -0.1) is 0 Å². The van der Waals surface area contributed by atoms with Crippen LogP contribution in [0.2, 0.25) is 0 Å². The molecule has 0 aliphatic heterocycles. The van der Waals surface area contributed by atoms with E-state index < -0.39 is 17.7 Å². The monoisotopic (exact) mass is 409 g/mol. The summed E-state index contributed by atoms with van der Waals surface area (Å²) in [4.78, 5) is 40.6. The molecule has 30 heavy (non-hydrogen) atoms. The van der Waals surface area contributed by atoms with Crippen molar-refractivity contribution in [1.29, 1.82) is 0 Å². The lowest BCUT2D eigenvalue weighted by molar-refractivity contribution is 0.0467. The minimum absolute atomic E-state index is 0.129. The van der Waals surface area contributed by atoms with Crippen molar-refractivity contribution in [2.75, 3.05) is 5.32 Å². The number of anilines is 1. The molecule has 1 N–H and O–H groups in total. The van der Waals surface area contributed by atoms with Crippen LogP contribution < -0.4 is 10.9 Å². The van der Waals surface area contributed by atoms with Gasteiger partial charge in [-0.3, -0.25) is 14.5 Å². The van der Waals surface area contributed by atoms with E-state index in [1.165, 1.54) is 22.6 Å². The third-order valence-corrected chi connectivity index (χ3v) is 3.98. The number of hydrogen-bond acceptors (Lipinski definition) is 6. The Balaban J connectivity index is 1.62. The van der Waals surface area contributed by atoms with Gasteiger partial charge in [-0.05, 0) is 63.6 Å². The largest absolute Gasteiger partial charge is 0.456 e. The van der Waals surface area contributed by atoms with Crippen LogP contribution in [0.5, 0.6) is 0 Å². The highest BCUT2D eigenvalue weighted by molar-refractivity contribution is 5.91. The fourth-order valence-electron chi connectivity index (χ4n) is 2.67. The molecule has 0 aliphatic carbocycles. The summed E-state index contributed by atoms with van der Waals surface area (Å²) in [7, 11) is 0. The van der Waals surface area contributed by atoms with Gasteiger partial charge in [0.2, 0.25) is 0 Å². The lowest BCUT2D eigenvalue weighted by Gasteiger charge is -2.19. The van der Waals surface area contributed by atoms with Crippen molar-refractivity contribution in [3.05, 3.63) is 75.8 Å². The number of benzene rings is 1. The maximum Gasteiger partial charge on any atom is 0.412 e. The van der Waals surface area contributed by atoms with Crippen LogP contribution in [0.4, 0.5) is 10.5 Å². The van der Waals surface area contributed by atoms with Gasteiger partial charge in [0.05, 0.1) is 11.3 Å². The highest BCUT2D eigenvalue weighted by Crippen LogP contribution is 2.14. The van der Waals surface area contributed by atoms with Crippen LogP contribution in [0.1, 0.15) is 42.4 Å². The number of pyridine rings is 1. The SMILES string of the molecule is Cc1ccc2nc(COC(=O)c3ccc(NC(=O)OC(C)(C)C)cc3)cc(=O)n2c1. The second-order valence-electron chi connectivity index (χ2n) is 7.80. The Hall–Kier alpha value is -3.68. The number of amides is 1. The maximum absolute atomic E-state index is 12.3. The van der Waals surface area contributed by atoms with Crippen molar-refractivity contribution in [3.63, 3.8) is 0 Å². The zero-order valence-electron chi connectivity index (χ0n) is 17.3. The number of fused-ring (bicyclic) bond motifs is 1. The summed E-state index contributed by atoms with van der Waals surface area (Å²) in [6, 6.07) is 11.1. The molecule has 8 heteroatoms. The zero-order valence-corrected chi connectivity index (χ0v) is 17.3. The van der Waals surface area contributed by atoms with Gasteiger partial charge in [0.15, 0.2) is 0 Å². The minimum Gasteiger partial charge on any atom is -0.456 e. The van der Waals surface area contributed by atoms with Crippen LogP contribution in [0.25, 0.3) is 5.65 Å². The summed E-state index contributed by atoms with van der Waals surface area (Å²) in [6.45, 7) is 7.06. The van der Waals surface area contributed by atoms with Gasteiger partial charge >= 0.3 is 12.1 Å². The number of nitrogens with one attached hydrogen (secondary N) is 1. The molecule has 3 rings (SSSR count). The number of esters is 1. The Bertz CT molecular complexity index is 1140. The van der Waals surface area contributed by atoms with Crippen LogP contribution in [0.15, 0.2) is 53.5 Å². The summed E-state index contributed by atoms with van der Waals surface area (Å²) in [6.07, 6.45) is 1.12.